The van der Waals surface area contributed by atoms with Crippen LogP contribution in [0.3, 0.4) is 0 Å². The summed E-state index contributed by atoms with van der Waals surface area (Å²) in [6.45, 7) is 2.46. The van der Waals surface area contributed by atoms with Crippen molar-refractivity contribution in [2.24, 2.45) is 5.73 Å². The smallest absolute Gasteiger partial charge is 0.260 e. The van der Waals surface area contributed by atoms with Gasteiger partial charge in [-0.25, -0.2) is 0 Å². The summed E-state index contributed by atoms with van der Waals surface area (Å²) < 4.78 is 0. The van der Waals surface area contributed by atoms with Crippen molar-refractivity contribution in [1.29, 1.82) is 0 Å². The van der Waals surface area contributed by atoms with Crippen LogP contribution < -0.4 is 5.73 Å². The number of hydrogen-bond acceptors (Lipinski definition) is 3. The van der Waals surface area contributed by atoms with E-state index in [4.69, 9.17) is 5.73 Å². The number of carbonyl (C=O) groups is 2. The number of unbranched alkanes of at least 4 members (excludes halogenated alkanes) is 1. The second-order valence-electron chi connectivity index (χ2n) is 5.16. The Bertz CT molecular complexity index is 483. The van der Waals surface area contributed by atoms with Crippen LogP contribution in [0, 0.1) is 0 Å². The number of amides is 2. The number of nitrogens with two attached hydrogens (primary N) is 1. The molecule has 2 amide bonds. The van der Waals surface area contributed by atoms with Gasteiger partial charge in [-0.3, -0.25) is 14.5 Å². The molecule has 0 aromatic heterocycles. The van der Waals surface area contributed by atoms with E-state index >= 15 is 0 Å². The Morgan fingerprint density at radius 3 is 2.74 bits per heavy atom. The fraction of sp³-hybridized carbons (Fsp3) is 0.467. The van der Waals surface area contributed by atoms with Crippen molar-refractivity contribution < 1.29 is 9.59 Å². The van der Waals surface area contributed by atoms with Crippen molar-refractivity contribution in [2.75, 3.05) is 6.54 Å². The quantitative estimate of drug-likeness (QED) is 0.647. The van der Waals surface area contributed by atoms with Crippen LogP contribution in [0.4, 0.5) is 0 Å². The molecule has 2 N–H and O–H groups in total. The molecule has 0 aliphatic carbocycles. The summed E-state index contributed by atoms with van der Waals surface area (Å²) in [5.41, 5.74) is 7.18. The van der Waals surface area contributed by atoms with Crippen LogP contribution >= 0.6 is 0 Å². The summed E-state index contributed by atoms with van der Waals surface area (Å²) in [6.07, 6.45) is 3.01. The summed E-state index contributed by atoms with van der Waals surface area (Å²) in [5, 5.41) is 0. The van der Waals surface area contributed by atoms with Gasteiger partial charge in [-0.15, -0.1) is 0 Å². The highest BCUT2D eigenvalue weighted by molar-refractivity contribution is 6.09. The molecule has 0 radical (unpaired) electrons. The van der Waals surface area contributed by atoms with Crippen molar-refractivity contribution in [1.82, 2.24) is 4.90 Å². The lowest BCUT2D eigenvalue weighted by Crippen LogP contribution is -2.42. The van der Waals surface area contributed by atoms with Gasteiger partial charge < -0.3 is 5.73 Å². The van der Waals surface area contributed by atoms with Gasteiger partial charge in [0, 0.05) is 18.2 Å². The number of nitrogens with zero attached hydrogens (tertiary/aromatic N) is 1. The average molecular weight is 260 g/mol. The summed E-state index contributed by atoms with van der Waals surface area (Å²) in [5.74, 6) is -0.253. The van der Waals surface area contributed by atoms with Gasteiger partial charge in [0.2, 0.25) is 5.91 Å². The summed E-state index contributed by atoms with van der Waals surface area (Å²) in [7, 11) is 0. The number of fused-ring (bicyclic) bond motifs is 1. The maximum absolute atomic E-state index is 12.2. The zero-order valence-corrected chi connectivity index (χ0v) is 11.3. The van der Waals surface area contributed by atoms with E-state index in [1.807, 2.05) is 25.1 Å². The predicted octanol–water partition coefficient (Wildman–Crippen LogP) is 1.73. The minimum absolute atomic E-state index is 0.0931. The van der Waals surface area contributed by atoms with Gasteiger partial charge in [0.1, 0.15) is 0 Å². The van der Waals surface area contributed by atoms with Gasteiger partial charge in [-0.2, -0.15) is 0 Å². The predicted molar refractivity (Wildman–Crippen MR) is 73.7 cm³/mol. The second kappa shape index (κ2) is 5.97. The number of rotatable bonds is 5. The number of benzene rings is 1. The SMILES string of the molecule is CC(N)CCCCN1C(=O)Cc2ccccc2C1=O. The van der Waals surface area contributed by atoms with E-state index in [9.17, 15) is 9.59 Å². The second-order valence-corrected chi connectivity index (χ2v) is 5.16. The standard InChI is InChI=1S/C15H20N2O2/c1-11(16)6-4-5-9-17-14(18)10-12-7-2-3-8-13(12)15(17)19/h2-3,7-8,11H,4-6,9-10,16H2,1H3. The third-order valence-corrected chi connectivity index (χ3v) is 3.43. The molecule has 102 valence electrons. The Hall–Kier alpha value is -1.68. The molecule has 1 aliphatic heterocycles. The molecule has 4 heteroatoms. The van der Waals surface area contributed by atoms with Crippen LogP contribution in [-0.4, -0.2) is 29.3 Å². The monoisotopic (exact) mass is 260 g/mol. The first-order valence-electron chi connectivity index (χ1n) is 6.78. The average Bonchev–Trinajstić information content (AvgIpc) is 2.37. The lowest BCUT2D eigenvalue weighted by molar-refractivity contribution is -0.128. The minimum Gasteiger partial charge on any atom is -0.328 e. The Morgan fingerprint density at radius 2 is 2.00 bits per heavy atom. The van der Waals surface area contributed by atoms with Gasteiger partial charge in [-0.05, 0) is 31.4 Å². The molecule has 0 bridgehead atoms. The maximum Gasteiger partial charge on any atom is 0.260 e. The Kier molecular flexibility index (Phi) is 4.32. The normalized spacial score (nSPS) is 16.4. The first kappa shape index (κ1) is 13.7. The van der Waals surface area contributed by atoms with Gasteiger partial charge in [0.05, 0.1) is 6.42 Å². The Balaban J connectivity index is 1.99. The summed E-state index contributed by atoms with van der Waals surface area (Å²) in [6, 6.07) is 7.50. The van der Waals surface area contributed by atoms with Crippen LogP contribution in [-0.2, 0) is 11.2 Å². The first-order valence-corrected chi connectivity index (χ1v) is 6.78. The van der Waals surface area contributed by atoms with Crippen LogP contribution in [0.2, 0.25) is 0 Å². The number of imide groups is 1. The molecule has 0 saturated carbocycles. The lowest BCUT2D eigenvalue weighted by Gasteiger charge is -2.26. The van der Waals surface area contributed by atoms with Gasteiger partial charge in [-0.1, -0.05) is 24.6 Å². The third-order valence-electron chi connectivity index (χ3n) is 3.43. The molecule has 2 rings (SSSR count). The highest BCUT2D eigenvalue weighted by Crippen LogP contribution is 2.20. The molecule has 1 aliphatic rings. The molecule has 1 aromatic carbocycles. The van der Waals surface area contributed by atoms with Gasteiger partial charge in [0.15, 0.2) is 0 Å². The van der Waals surface area contributed by atoms with E-state index in [0.717, 1.165) is 24.8 Å². The lowest BCUT2D eigenvalue weighted by atomic mass is 9.98. The molecule has 1 heterocycles. The number of carbonyl (C=O) groups excluding carboxylic acids is 2. The molecule has 19 heavy (non-hydrogen) atoms. The van der Waals surface area contributed by atoms with Gasteiger partial charge >= 0.3 is 0 Å². The highest BCUT2D eigenvalue weighted by atomic mass is 16.2. The molecular formula is C15H20N2O2. The largest absolute Gasteiger partial charge is 0.328 e. The van der Waals surface area contributed by atoms with E-state index in [1.54, 1.807) is 6.07 Å². The zero-order valence-electron chi connectivity index (χ0n) is 11.3. The third kappa shape index (κ3) is 3.20. The van der Waals surface area contributed by atoms with Crippen molar-refractivity contribution in [2.45, 2.75) is 38.6 Å². The topological polar surface area (TPSA) is 63.4 Å². The summed E-state index contributed by atoms with van der Waals surface area (Å²) in [4.78, 5) is 25.6. The molecule has 1 aromatic rings. The summed E-state index contributed by atoms with van der Waals surface area (Å²) >= 11 is 0. The molecular weight excluding hydrogens is 240 g/mol. The van der Waals surface area contributed by atoms with E-state index < -0.39 is 0 Å². The van der Waals surface area contributed by atoms with Crippen molar-refractivity contribution in [3.05, 3.63) is 35.4 Å². The van der Waals surface area contributed by atoms with Crippen LogP contribution in [0.1, 0.15) is 42.1 Å². The van der Waals surface area contributed by atoms with E-state index in [1.165, 1.54) is 4.90 Å². The van der Waals surface area contributed by atoms with Crippen molar-refractivity contribution >= 4 is 11.8 Å². The van der Waals surface area contributed by atoms with Crippen LogP contribution in [0.5, 0.6) is 0 Å². The van der Waals surface area contributed by atoms with E-state index in [2.05, 4.69) is 0 Å². The zero-order chi connectivity index (χ0) is 13.8. The highest BCUT2D eigenvalue weighted by Gasteiger charge is 2.29. The maximum atomic E-state index is 12.2. The van der Waals surface area contributed by atoms with E-state index in [-0.39, 0.29) is 17.9 Å². The van der Waals surface area contributed by atoms with Crippen LogP contribution in [0.25, 0.3) is 0 Å². The molecule has 0 saturated heterocycles. The molecule has 0 fully saturated rings. The van der Waals surface area contributed by atoms with E-state index in [0.29, 0.717) is 18.5 Å². The van der Waals surface area contributed by atoms with Gasteiger partial charge in [0.25, 0.3) is 5.91 Å². The van der Waals surface area contributed by atoms with Crippen LogP contribution in [0.15, 0.2) is 24.3 Å². The Morgan fingerprint density at radius 1 is 1.26 bits per heavy atom. The molecule has 1 atom stereocenters. The fourth-order valence-electron chi connectivity index (χ4n) is 2.36. The Labute approximate surface area is 113 Å². The van der Waals surface area contributed by atoms with Crippen molar-refractivity contribution in [3.8, 4) is 0 Å². The van der Waals surface area contributed by atoms with Crippen molar-refractivity contribution in [3.63, 3.8) is 0 Å². The molecule has 1 unspecified atom stereocenters. The first-order chi connectivity index (χ1) is 9.09. The fourth-order valence-corrected chi connectivity index (χ4v) is 2.36. The molecule has 0 spiro atoms. The molecule has 4 nitrogen and oxygen atoms in total. The minimum atomic E-state index is -0.160. The number of hydrogen-bond donors (Lipinski definition) is 1.